The molecular formula is C19H19F3N2O5. The molecule has 7 nitrogen and oxygen atoms in total. The summed E-state index contributed by atoms with van der Waals surface area (Å²) in [4.78, 5) is 22.2. The number of nitrogens with one attached hydrogen (secondary N) is 1. The highest BCUT2D eigenvalue weighted by Gasteiger charge is 2.31. The molecule has 0 saturated carbocycles. The molecule has 1 amide bonds. The van der Waals surface area contributed by atoms with Crippen molar-refractivity contribution >= 4 is 17.3 Å². The number of carbonyl (C=O) groups is 1. The van der Waals surface area contributed by atoms with Gasteiger partial charge < -0.3 is 14.8 Å². The van der Waals surface area contributed by atoms with Crippen molar-refractivity contribution in [1.29, 1.82) is 0 Å². The highest BCUT2D eigenvalue weighted by atomic mass is 19.4. The molecule has 0 aliphatic heterocycles. The number of halogens is 3. The van der Waals surface area contributed by atoms with Gasteiger partial charge in [0.05, 0.1) is 35.8 Å². The third-order valence-corrected chi connectivity index (χ3v) is 3.69. The molecule has 0 radical (unpaired) electrons. The Bertz CT molecular complexity index is 854. The molecule has 10 heteroatoms. The predicted molar refractivity (Wildman–Crippen MR) is 99.1 cm³/mol. The number of nitro groups is 1. The molecule has 0 aliphatic rings. The summed E-state index contributed by atoms with van der Waals surface area (Å²) in [6.45, 7) is 2.07. The first-order valence-corrected chi connectivity index (χ1v) is 8.72. The Hall–Kier alpha value is -3.30. The lowest BCUT2D eigenvalue weighted by atomic mass is 10.1. The van der Waals surface area contributed by atoms with E-state index in [4.69, 9.17) is 9.47 Å². The van der Waals surface area contributed by atoms with Gasteiger partial charge in [0.2, 0.25) is 5.91 Å². The molecule has 1 N–H and O–H groups in total. The monoisotopic (exact) mass is 412 g/mol. The van der Waals surface area contributed by atoms with Gasteiger partial charge in [-0.3, -0.25) is 14.9 Å². The van der Waals surface area contributed by atoms with Crippen molar-refractivity contribution in [2.75, 3.05) is 18.5 Å². The van der Waals surface area contributed by atoms with Gasteiger partial charge in [0.15, 0.2) is 0 Å². The number of non-ortho nitro benzene ring substituents is 1. The Labute approximate surface area is 164 Å². The highest BCUT2D eigenvalue weighted by Crippen LogP contribution is 2.35. The molecule has 0 bridgehead atoms. The van der Waals surface area contributed by atoms with Crippen LogP contribution in [-0.4, -0.2) is 24.0 Å². The minimum Gasteiger partial charge on any atom is -0.493 e. The molecule has 2 rings (SSSR count). The summed E-state index contributed by atoms with van der Waals surface area (Å²) in [5, 5.41) is 13.0. The van der Waals surface area contributed by atoms with Crippen LogP contribution in [0.4, 0.5) is 24.5 Å². The molecule has 0 unspecified atom stereocenters. The zero-order valence-corrected chi connectivity index (χ0v) is 15.5. The Kier molecular flexibility index (Phi) is 7.40. The van der Waals surface area contributed by atoms with E-state index in [0.717, 1.165) is 12.1 Å². The molecule has 0 aromatic heterocycles. The number of nitrogens with zero attached hydrogens (tertiary/aromatic N) is 1. The molecule has 29 heavy (non-hydrogen) atoms. The number of amides is 1. The number of hydrogen-bond acceptors (Lipinski definition) is 5. The van der Waals surface area contributed by atoms with Gasteiger partial charge in [0.1, 0.15) is 11.5 Å². The quantitative estimate of drug-likeness (QED) is 0.471. The van der Waals surface area contributed by atoms with Crippen LogP contribution < -0.4 is 14.8 Å². The van der Waals surface area contributed by atoms with E-state index in [1.54, 1.807) is 0 Å². The van der Waals surface area contributed by atoms with Crippen LogP contribution in [0.15, 0.2) is 42.5 Å². The second-order valence-electron chi connectivity index (χ2n) is 5.95. The second kappa shape index (κ2) is 9.76. The Balaban J connectivity index is 1.98. The molecule has 0 fully saturated rings. The lowest BCUT2D eigenvalue weighted by Gasteiger charge is -2.15. The van der Waals surface area contributed by atoms with Crippen molar-refractivity contribution in [3.63, 3.8) is 0 Å². The van der Waals surface area contributed by atoms with E-state index >= 15 is 0 Å². The first-order valence-electron chi connectivity index (χ1n) is 8.72. The first-order chi connectivity index (χ1) is 13.7. The zero-order chi connectivity index (χ0) is 21.4. The van der Waals surface area contributed by atoms with Gasteiger partial charge in [-0.05, 0) is 36.8 Å². The minimum atomic E-state index is -4.55. The smallest absolute Gasteiger partial charge is 0.416 e. The Morgan fingerprint density at radius 2 is 1.79 bits per heavy atom. The first kappa shape index (κ1) is 22.0. The fraction of sp³-hybridized carbons (Fsp3) is 0.316. The third-order valence-electron chi connectivity index (χ3n) is 3.69. The highest BCUT2D eigenvalue weighted by molar-refractivity contribution is 5.92. The summed E-state index contributed by atoms with van der Waals surface area (Å²) in [5.41, 5.74) is -1.08. The second-order valence-corrected chi connectivity index (χ2v) is 5.95. The number of nitro benzene ring substituents is 1. The van der Waals surface area contributed by atoms with E-state index in [1.165, 1.54) is 30.3 Å². The van der Waals surface area contributed by atoms with Gasteiger partial charge in [-0.25, -0.2) is 0 Å². The standard InChI is InChI=1S/C19H19F3N2O5/c1-2-10-29-17-8-3-13(19(20,21)22)12-16(17)23-18(25)9-11-28-15-6-4-14(5-7-15)24(26)27/h3-8,12H,2,9-11H2,1H3,(H,23,25). The minimum absolute atomic E-state index is 0.0617. The van der Waals surface area contributed by atoms with Crippen LogP contribution in [0.2, 0.25) is 0 Å². The largest absolute Gasteiger partial charge is 0.493 e. The van der Waals surface area contributed by atoms with Crippen LogP contribution in [-0.2, 0) is 11.0 Å². The Morgan fingerprint density at radius 1 is 1.10 bits per heavy atom. The molecule has 0 aliphatic carbocycles. The number of alkyl halides is 3. The van der Waals surface area contributed by atoms with Crippen molar-refractivity contribution < 1.29 is 32.4 Å². The molecule has 2 aromatic carbocycles. The summed E-state index contributed by atoms with van der Waals surface area (Å²) in [6.07, 6.45) is -4.04. The summed E-state index contributed by atoms with van der Waals surface area (Å²) in [5.74, 6) is -0.0912. The van der Waals surface area contributed by atoms with Gasteiger partial charge in [-0.15, -0.1) is 0 Å². The molecule has 0 heterocycles. The summed E-state index contributed by atoms with van der Waals surface area (Å²) in [7, 11) is 0. The average molecular weight is 412 g/mol. The number of benzene rings is 2. The molecule has 0 spiro atoms. The SMILES string of the molecule is CCCOc1ccc(C(F)(F)F)cc1NC(=O)CCOc1ccc([N+](=O)[O-])cc1. The van der Waals surface area contributed by atoms with Gasteiger partial charge in [-0.1, -0.05) is 6.92 Å². The van der Waals surface area contributed by atoms with Gasteiger partial charge in [0.25, 0.3) is 5.69 Å². The van der Waals surface area contributed by atoms with Crippen molar-refractivity contribution in [3.05, 3.63) is 58.1 Å². The van der Waals surface area contributed by atoms with E-state index in [-0.39, 0.29) is 36.8 Å². The van der Waals surface area contributed by atoms with E-state index in [2.05, 4.69) is 5.32 Å². The van der Waals surface area contributed by atoms with Crippen molar-refractivity contribution in [2.45, 2.75) is 25.9 Å². The number of anilines is 1. The maximum Gasteiger partial charge on any atom is 0.416 e. The lowest BCUT2D eigenvalue weighted by Crippen LogP contribution is -2.17. The van der Waals surface area contributed by atoms with Gasteiger partial charge >= 0.3 is 6.18 Å². The maximum atomic E-state index is 12.9. The molecular weight excluding hydrogens is 393 g/mol. The zero-order valence-electron chi connectivity index (χ0n) is 15.5. The number of carbonyl (C=O) groups excluding carboxylic acids is 1. The van der Waals surface area contributed by atoms with Crippen molar-refractivity contribution in [3.8, 4) is 11.5 Å². The van der Waals surface area contributed by atoms with Crippen molar-refractivity contribution in [2.24, 2.45) is 0 Å². The van der Waals surface area contributed by atoms with E-state index in [0.29, 0.717) is 12.2 Å². The fourth-order valence-corrected chi connectivity index (χ4v) is 2.28. The van der Waals surface area contributed by atoms with Crippen LogP contribution in [0.1, 0.15) is 25.3 Å². The topological polar surface area (TPSA) is 90.7 Å². The number of ether oxygens (including phenoxy) is 2. The molecule has 156 valence electrons. The van der Waals surface area contributed by atoms with E-state index in [9.17, 15) is 28.1 Å². The maximum absolute atomic E-state index is 12.9. The average Bonchev–Trinajstić information content (AvgIpc) is 2.66. The van der Waals surface area contributed by atoms with Gasteiger partial charge in [0, 0.05) is 12.1 Å². The fourth-order valence-electron chi connectivity index (χ4n) is 2.28. The number of rotatable bonds is 9. The van der Waals surface area contributed by atoms with Crippen LogP contribution in [0.25, 0.3) is 0 Å². The van der Waals surface area contributed by atoms with Gasteiger partial charge in [-0.2, -0.15) is 13.2 Å². The molecule has 0 saturated heterocycles. The molecule has 2 aromatic rings. The Morgan fingerprint density at radius 3 is 2.38 bits per heavy atom. The van der Waals surface area contributed by atoms with Crippen LogP contribution in [0.5, 0.6) is 11.5 Å². The molecule has 0 atom stereocenters. The summed E-state index contributed by atoms with van der Waals surface area (Å²) < 4.78 is 49.5. The summed E-state index contributed by atoms with van der Waals surface area (Å²) >= 11 is 0. The van der Waals surface area contributed by atoms with E-state index in [1.807, 2.05) is 6.92 Å². The van der Waals surface area contributed by atoms with E-state index < -0.39 is 22.6 Å². The predicted octanol–water partition coefficient (Wildman–Crippen LogP) is 4.81. The van der Waals surface area contributed by atoms with Crippen LogP contribution in [0, 0.1) is 10.1 Å². The lowest BCUT2D eigenvalue weighted by molar-refractivity contribution is -0.384. The van der Waals surface area contributed by atoms with Crippen molar-refractivity contribution in [1.82, 2.24) is 0 Å². The number of hydrogen-bond donors (Lipinski definition) is 1. The van der Waals surface area contributed by atoms with Crippen LogP contribution >= 0.6 is 0 Å². The normalized spacial score (nSPS) is 11.0. The third kappa shape index (κ3) is 6.66. The van der Waals surface area contributed by atoms with Crippen LogP contribution in [0.3, 0.4) is 0 Å². The summed E-state index contributed by atoms with van der Waals surface area (Å²) in [6, 6.07) is 8.17.